The summed E-state index contributed by atoms with van der Waals surface area (Å²) in [5, 5.41) is 16.6. The number of halogens is 1. The van der Waals surface area contributed by atoms with E-state index in [0.29, 0.717) is 21.8 Å². The van der Waals surface area contributed by atoms with Crippen molar-refractivity contribution in [3.8, 4) is 5.75 Å². The highest BCUT2D eigenvalue weighted by atomic mass is 35.5. The molecule has 2 aromatic carbocycles. The lowest BCUT2D eigenvalue weighted by molar-refractivity contribution is -0.115. The largest absolute Gasteiger partial charge is 0.508 e. The number of benzene rings is 2. The molecule has 5 nitrogen and oxygen atoms in total. The fraction of sp³-hybridized carbons (Fsp3) is 0.440. The zero-order valence-electron chi connectivity index (χ0n) is 17.4. The third kappa shape index (κ3) is 4.29. The molecule has 2 amide bonds. The van der Waals surface area contributed by atoms with Gasteiger partial charge in [-0.15, -0.1) is 0 Å². The highest BCUT2D eigenvalue weighted by Gasteiger charge is 2.51. The average molecular weight is 439 g/mol. The summed E-state index contributed by atoms with van der Waals surface area (Å²) in [6, 6.07) is 11.7. The molecular weight excluding hydrogens is 412 g/mol. The van der Waals surface area contributed by atoms with E-state index in [9.17, 15) is 14.7 Å². The van der Waals surface area contributed by atoms with Gasteiger partial charge in [-0.25, -0.2) is 0 Å². The number of hydrogen-bond acceptors (Lipinski definition) is 3. The van der Waals surface area contributed by atoms with Gasteiger partial charge in [0.2, 0.25) is 5.91 Å². The number of rotatable bonds is 5. The van der Waals surface area contributed by atoms with E-state index < -0.39 is 0 Å². The number of carbonyl (C=O) groups excluding carboxylic acids is 2. The van der Waals surface area contributed by atoms with Crippen LogP contribution in [-0.4, -0.2) is 22.5 Å². The molecule has 4 bridgehead atoms. The Kier molecular flexibility index (Phi) is 5.17. The van der Waals surface area contributed by atoms with Crippen LogP contribution in [0.4, 0.5) is 5.69 Å². The Morgan fingerprint density at radius 2 is 1.68 bits per heavy atom. The molecule has 4 saturated carbocycles. The topological polar surface area (TPSA) is 78.4 Å². The van der Waals surface area contributed by atoms with Gasteiger partial charge in [0.1, 0.15) is 5.75 Å². The van der Waals surface area contributed by atoms with Crippen LogP contribution in [0.3, 0.4) is 0 Å². The highest BCUT2D eigenvalue weighted by molar-refractivity contribution is 6.30. The molecule has 0 spiro atoms. The van der Waals surface area contributed by atoms with Crippen LogP contribution in [0.25, 0.3) is 0 Å². The van der Waals surface area contributed by atoms with Crippen LogP contribution in [0, 0.1) is 17.8 Å². The van der Waals surface area contributed by atoms with Crippen LogP contribution in [0.2, 0.25) is 5.02 Å². The van der Waals surface area contributed by atoms with E-state index in [1.165, 1.54) is 25.3 Å². The molecule has 6 heteroatoms. The number of phenolic OH excluding ortho intramolecular Hbond substituents is 1. The van der Waals surface area contributed by atoms with Crippen LogP contribution in [-0.2, 0) is 11.2 Å². The maximum Gasteiger partial charge on any atom is 0.251 e. The van der Waals surface area contributed by atoms with Crippen molar-refractivity contribution in [2.75, 3.05) is 5.32 Å². The molecule has 4 aliphatic rings. The summed E-state index contributed by atoms with van der Waals surface area (Å²) in [6.45, 7) is 0. The summed E-state index contributed by atoms with van der Waals surface area (Å²) in [5.74, 6) is 1.98. The van der Waals surface area contributed by atoms with Crippen LogP contribution < -0.4 is 10.6 Å². The van der Waals surface area contributed by atoms with Crippen molar-refractivity contribution in [1.82, 2.24) is 5.32 Å². The van der Waals surface area contributed by atoms with Gasteiger partial charge in [-0.05, 0) is 92.7 Å². The smallest absolute Gasteiger partial charge is 0.251 e. The molecule has 0 aliphatic heterocycles. The van der Waals surface area contributed by atoms with E-state index in [2.05, 4.69) is 10.6 Å². The van der Waals surface area contributed by atoms with Crippen molar-refractivity contribution in [3.63, 3.8) is 0 Å². The maximum absolute atomic E-state index is 13.1. The SMILES string of the molecule is O=C(Cc1cc(Cl)ccc1O)Nc1cccc(C(=O)NC23CC4CC(CC(C4)C2)C3)c1. The first kappa shape index (κ1) is 20.4. The van der Waals surface area contributed by atoms with E-state index in [4.69, 9.17) is 11.6 Å². The maximum atomic E-state index is 13.1. The van der Waals surface area contributed by atoms with Gasteiger partial charge >= 0.3 is 0 Å². The first-order chi connectivity index (χ1) is 14.9. The first-order valence-corrected chi connectivity index (χ1v) is 11.5. The number of amides is 2. The summed E-state index contributed by atoms with van der Waals surface area (Å²) in [6.07, 6.45) is 7.30. The van der Waals surface area contributed by atoms with Crippen molar-refractivity contribution in [2.24, 2.45) is 17.8 Å². The molecule has 162 valence electrons. The lowest BCUT2D eigenvalue weighted by Gasteiger charge is -2.56. The predicted octanol–water partition coefficient (Wildman–Crippen LogP) is 4.93. The third-order valence-corrected chi connectivity index (χ3v) is 7.45. The lowest BCUT2D eigenvalue weighted by Crippen LogP contribution is -2.59. The highest BCUT2D eigenvalue weighted by Crippen LogP contribution is 2.55. The van der Waals surface area contributed by atoms with Crippen molar-refractivity contribution in [2.45, 2.75) is 50.5 Å². The van der Waals surface area contributed by atoms with E-state index in [0.717, 1.165) is 37.0 Å². The van der Waals surface area contributed by atoms with Crippen LogP contribution in [0.15, 0.2) is 42.5 Å². The minimum Gasteiger partial charge on any atom is -0.508 e. The monoisotopic (exact) mass is 438 g/mol. The average Bonchev–Trinajstić information content (AvgIpc) is 2.69. The fourth-order valence-electron chi connectivity index (χ4n) is 6.39. The summed E-state index contributed by atoms with van der Waals surface area (Å²) < 4.78 is 0. The van der Waals surface area contributed by atoms with Crippen LogP contribution in [0.1, 0.15) is 54.4 Å². The van der Waals surface area contributed by atoms with E-state index in [-0.39, 0.29) is 29.5 Å². The summed E-state index contributed by atoms with van der Waals surface area (Å²) in [4.78, 5) is 25.5. The molecule has 3 N–H and O–H groups in total. The Morgan fingerprint density at radius 1 is 1.00 bits per heavy atom. The second-order valence-electron chi connectivity index (χ2n) is 9.73. The fourth-order valence-corrected chi connectivity index (χ4v) is 6.58. The number of aromatic hydroxyl groups is 1. The van der Waals surface area contributed by atoms with E-state index in [1.54, 1.807) is 36.4 Å². The van der Waals surface area contributed by atoms with Gasteiger partial charge in [0.25, 0.3) is 5.91 Å². The Bertz CT molecular complexity index is 1000. The molecule has 31 heavy (non-hydrogen) atoms. The van der Waals surface area contributed by atoms with E-state index in [1.807, 2.05) is 0 Å². The van der Waals surface area contributed by atoms with Gasteiger partial charge in [-0.2, -0.15) is 0 Å². The number of hydrogen-bond donors (Lipinski definition) is 3. The van der Waals surface area contributed by atoms with Crippen LogP contribution in [0.5, 0.6) is 5.75 Å². The standard InChI is InChI=1S/C25H27ClN2O3/c26-20-4-5-22(29)19(9-20)11-23(30)27-21-3-1-2-18(10-21)24(31)28-25-12-15-6-16(13-25)8-17(7-15)14-25/h1-5,9-10,15-17,29H,6-8,11-14H2,(H,27,30)(H,28,31). The molecule has 0 atom stereocenters. The molecule has 4 fully saturated rings. The normalized spacial score (nSPS) is 28.4. The van der Waals surface area contributed by atoms with Gasteiger partial charge in [0.05, 0.1) is 6.42 Å². The molecule has 0 heterocycles. The molecule has 0 aromatic heterocycles. The van der Waals surface area contributed by atoms with Crippen molar-refractivity contribution >= 4 is 29.1 Å². The molecule has 2 aromatic rings. The summed E-state index contributed by atoms with van der Waals surface area (Å²) in [5.41, 5.74) is 1.53. The quantitative estimate of drug-likeness (QED) is 0.619. The second kappa shape index (κ2) is 7.86. The zero-order chi connectivity index (χ0) is 21.6. The van der Waals surface area contributed by atoms with Crippen molar-refractivity contribution < 1.29 is 14.7 Å². The molecular formula is C25H27ClN2O3. The minimum absolute atomic E-state index is 0.00388. The summed E-state index contributed by atoms with van der Waals surface area (Å²) >= 11 is 5.96. The number of carbonyl (C=O) groups is 2. The Hall–Kier alpha value is -2.53. The van der Waals surface area contributed by atoms with Gasteiger partial charge in [-0.3, -0.25) is 9.59 Å². The number of phenols is 1. The van der Waals surface area contributed by atoms with Gasteiger partial charge in [0.15, 0.2) is 0 Å². The Labute approximate surface area is 187 Å². The Balaban J connectivity index is 1.25. The molecule has 4 aliphatic carbocycles. The number of nitrogens with one attached hydrogen (secondary N) is 2. The van der Waals surface area contributed by atoms with Crippen LogP contribution >= 0.6 is 11.6 Å². The van der Waals surface area contributed by atoms with Gasteiger partial charge < -0.3 is 15.7 Å². The van der Waals surface area contributed by atoms with Gasteiger partial charge in [0, 0.05) is 27.4 Å². The minimum atomic E-state index is -0.281. The number of anilines is 1. The molecule has 6 rings (SSSR count). The molecule has 0 unspecified atom stereocenters. The molecule has 0 saturated heterocycles. The van der Waals surface area contributed by atoms with Crippen molar-refractivity contribution in [1.29, 1.82) is 0 Å². The summed E-state index contributed by atoms with van der Waals surface area (Å²) in [7, 11) is 0. The van der Waals surface area contributed by atoms with Crippen molar-refractivity contribution in [3.05, 3.63) is 58.6 Å². The molecule has 0 radical (unpaired) electrons. The zero-order valence-corrected chi connectivity index (χ0v) is 18.1. The third-order valence-electron chi connectivity index (χ3n) is 7.22. The first-order valence-electron chi connectivity index (χ1n) is 11.1. The van der Waals surface area contributed by atoms with E-state index >= 15 is 0 Å². The Morgan fingerprint density at radius 3 is 2.35 bits per heavy atom. The lowest BCUT2D eigenvalue weighted by atomic mass is 9.53. The predicted molar refractivity (Wildman–Crippen MR) is 120 cm³/mol. The van der Waals surface area contributed by atoms with Gasteiger partial charge in [-0.1, -0.05) is 17.7 Å². The second-order valence-corrected chi connectivity index (χ2v) is 10.2.